The summed E-state index contributed by atoms with van der Waals surface area (Å²) in [5.74, 6) is 1.12. The van der Waals surface area contributed by atoms with Gasteiger partial charge in [-0.05, 0) is 49.3 Å². The largest absolute Gasteiger partial charge is 0.351 e. The molecule has 144 valence electrons. The minimum Gasteiger partial charge on any atom is -0.351 e. The Morgan fingerprint density at radius 3 is 3.04 bits per heavy atom. The molecule has 0 bridgehead atoms. The van der Waals surface area contributed by atoms with Crippen molar-refractivity contribution in [1.29, 1.82) is 0 Å². The summed E-state index contributed by atoms with van der Waals surface area (Å²) >= 11 is 1.35. The van der Waals surface area contributed by atoms with Crippen LogP contribution >= 0.6 is 11.3 Å². The van der Waals surface area contributed by atoms with E-state index in [1.165, 1.54) is 22.5 Å². The number of benzene rings is 1. The second kappa shape index (κ2) is 6.85. The average Bonchev–Trinajstić information content (AvgIpc) is 3.31. The molecule has 5 rings (SSSR count). The third kappa shape index (κ3) is 2.78. The molecule has 2 aromatic heterocycles. The third-order valence-electron chi connectivity index (χ3n) is 6.12. The Morgan fingerprint density at radius 1 is 1.29 bits per heavy atom. The minimum absolute atomic E-state index is 0.00603. The number of carbonyl (C=O) groups is 1. The summed E-state index contributed by atoms with van der Waals surface area (Å²) < 4.78 is 1.77. The lowest BCUT2D eigenvalue weighted by atomic mass is 9.83. The first kappa shape index (κ1) is 17.6. The molecule has 1 atom stereocenters. The van der Waals surface area contributed by atoms with E-state index >= 15 is 0 Å². The van der Waals surface area contributed by atoms with E-state index in [2.05, 4.69) is 34.6 Å². The first-order chi connectivity index (χ1) is 13.6. The highest BCUT2D eigenvalue weighted by Gasteiger charge is 2.25. The number of fused-ring (bicyclic) bond motifs is 3. The van der Waals surface area contributed by atoms with E-state index in [0.717, 1.165) is 50.0 Å². The van der Waals surface area contributed by atoms with Gasteiger partial charge in [0.25, 0.3) is 11.5 Å². The van der Waals surface area contributed by atoms with Crippen molar-refractivity contribution in [1.82, 2.24) is 14.9 Å². The summed E-state index contributed by atoms with van der Waals surface area (Å²) in [5.41, 5.74) is 3.53. The summed E-state index contributed by atoms with van der Waals surface area (Å²) in [6.45, 7) is 3.23. The SMILES string of the molecule is Cc1c(C(=O)NCC2CCCc3ccccc32)sc2nc3n(c(=O)c12)CCC3. The summed E-state index contributed by atoms with van der Waals surface area (Å²) in [7, 11) is 0. The summed E-state index contributed by atoms with van der Waals surface area (Å²) in [6.07, 6.45) is 5.18. The number of hydrogen-bond acceptors (Lipinski definition) is 4. The van der Waals surface area contributed by atoms with Crippen molar-refractivity contribution in [3.05, 3.63) is 62.0 Å². The maximum absolute atomic E-state index is 12.9. The molecule has 0 spiro atoms. The Kier molecular flexibility index (Phi) is 4.31. The number of nitrogens with one attached hydrogen (secondary N) is 1. The van der Waals surface area contributed by atoms with Crippen LogP contribution in [-0.2, 0) is 19.4 Å². The van der Waals surface area contributed by atoms with Gasteiger partial charge in [-0.1, -0.05) is 24.3 Å². The van der Waals surface area contributed by atoms with Gasteiger partial charge in [0, 0.05) is 25.4 Å². The van der Waals surface area contributed by atoms with Crippen LogP contribution in [0.3, 0.4) is 0 Å². The third-order valence-corrected chi connectivity index (χ3v) is 7.30. The van der Waals surface area contributed by atoms with Gasteiger partial charge in [-0.3, -0.25) is 14.2 Å². The Morgan fingerprint density at radius 2 is 2.14 bits per heavy atom. The molecular formula is C22H23N3O2S. The van der Waals surface area contributed by atoms with Crippen LogP contribution in [0.5, 0.6) is 0 Å². The molecule has 1 unspecified atom stereocenters. The predicted octanol–water partition coefficient (Wildman–Crippen LogP) is 3.56. The maximum Gasteiger partial charge on any atom is 0.262 e. The highest BCUT2D eigenvalue weighted by molar-refractivity contribution is 7.20. The molecule has 3 heterocycles. The lowest BCUT2D eigenvalue weighted by Gasteiger charge is -2.25. The van der Waals surface area contributed by atoms with Gasteiger partial charge in [0.1, 0.15) is 10.7 Å². The first-order valence-electron chi connectivity index (χ1n) is 10.0. The summed E-state index contributed by atoms with van der Waals surface area (Å²) in [4.78, 5) is 31.7. The second-order valence-corrected chi connectivity index (χ2v) is 8.82. The molecule has 1 aromatic carbocycles. The van der Waals surface area contributed by atoms with Crippen LogP contribution in [-0.4, -0.2) is 22.0 Å². The smallest absolute Gasteiger partial charge is 0.262 e. The number of thiophene rings is 1. The minimum atomic E-state index is -0.0897. The molecule has 0 fully saturated rings. The molecule has 1 aliphatic carbocycles. The molecule has 0 saturated carbocycles. The van der Waals surface area contributed by atoms with Crippen LogP contribution in [0.15, 0.2) is 29.1 Å². The van der Waals surface area contributed by atoms with Gasteiger partial charge < -0.3 is 5.32 Å². The molecule has 6 heteroatoms. The molecule has 1 N–H and O–H groups in total. The molecule has 0 saturated heterocycles. The maximum atomic E-state index is 12.9. The van der Waals surface area contributed by atoms with Crippen molar-refractivity contribution in [3.8, 4) is 0 Å². The molecule has 3 aromatic rings. The van der Waals surface area contributed by atoms with Gasteiger partial charge >= 0.3 is 0 Å². The normalized spacial score (nSPS) is 18.1. The van der Waals surface area contributed by atoms with Crippen LogP contribution in [0.25, 0.3) is 10.2 Å². The van der Waals surface area contributed by atoms with E-state index in [0.29, 0.717) is 27.6 Å². The van der Waals surface area contributed by atoms with Crippen LogP contribution in [0.4, 0.5) is 0 Å². The van der Waals surface area contributed by atoms with E-state index in [1.54, 1.807) is 4.57 Å². The number of rotatable bonds is 3. The second-order valence-electron chi connectivity index (χ2n) is 7.82. The zero-order valence-corrected chi connectivity index (χ0v) is 16.8. The Labute approximate surface area is 167 Å². The van der Waals surface area contributed by atoms with E-state index in [-0.39, 0.29) is 11.5 Å². The fraction of sp³-hybridized carbons (Fsp3) is 0.409. The lowest BCUT2D eigenvalue weighted by Crippen LogP contribution is -2.29. The number of aryl methyl sites for hydroxylation is 3. The standard InChI is InChI=1S/C22H23N3O2S/c1-13-18-21(24-17-10-5-11-25(17)22(18)27)28-19(13)20(26)23-12-15-8-4-7-14-6-2-3-9-16(14)15/h2-3,6,9,15H,4-5,7-8,10-12H2,1H3,(H,23,26). The topological polar surface area (TPSA) is 64.0 Å². The molecular weight excluding hydrogens is 370 g/mol. The average molecular weight is 394 g/mol. The van der Waals surface area contributed by atoms with Gasteiger partial charge in [-0.15, -0.1) is 11.3 Å². The molecule has 28 heavy (non-hydrogen) atoms. The zero-order chi connectivity index (χ0) is 19.3. The van der Waals surface area contributed by atoms with E-state index < -0.39 is 0 Å². The fourth-order valence-corrected chi connectivity index (χ4v) is 5.76. The van der Waals surface area contributed by atoms with Crippen molar-refractivity contribution < 1.29 is 4.79 Å². The fourth-order valence-electron chi connectivity index (χ4n) is 4.65. The van der Waals surface area contributed by atoms with Crippen LogP contribution in [0.1, 0.15) is 57.4 Å². The molecule has 5 nitrogen and oxygen atoms in total. The summed E-state index contributed by atoms with van der Waals surface area (Å²) in [5, 5.41) is 3.74. The van der Waals surface area contributed by atoms with Crippen molar-refractivity contribution in [2.75, 3.05) is 6.54 Å². The highest BCUT2D eigenvalue weighted by Crippen LogP contribution is 2.32. The lowest BCUT2D eigenvalue weighted by molar-refractivity contribution is 0.0954. The first-order valence-corrected chi connectivity index (χ1v) is 10.8. The number of aromatic nitrogens is 2. The van der Waals surface area contributed by atoms with E-state index in [1.807, 2.05) is 6.92 Å². The zero-order valence-electron chi connectivity index (χ0n) is 16.0. The quantitative estimate of drug-likeness (QED) is 0.740. The van der Waals surface area contributed by atoms with Crippen LogP contribution in [0, 0.1) is 6.92 Å². The van der Waals surface area contributed by atoms with Gasteiger partial charge in [-0.2, -0.15) is 0 Å². The monoisotopic (exact) mass is 393 g/mol. The van der Waals surface area contributed by atoms with E-state index in [4.69, 9.17) is 0 Å². The van der Waals surface area contributed by atoms with Gasteiger partial charge in [0.15, 0.2) is 0 Å². The molecule has 2 aliphatic rings. The molecule has 1 aliphatic heterocycles. The van der Waals surface area contributed by atoms with E-state index in [9.17, 15) is 9.59 Å². The van der Waals surface area contributed by atoms with Crippen LogP contribution < -0.4 is 10.9 Å². The Hall–Kier alpha value is -2.47. The van der Waals surface area contributed by atoms with Gasteiger partial charge in [0.2, 0.25) is 0 Å². The predicted molar refractivity (Wildman–Crippen MR) is 111 cm³/mol. The van der Waals surface area contributed by atoms with Crippen molar-refractivity contribution in [3.63, 3.8) is 0 Å². The Bertz CT molecular complexity index is 1140. The van der Waals surface area contributed by atoms with Crippen molar-refractivity contribution in [2.24, 2.45) is 0 Å². The van der Waals surface area contributed by atoms with Gasteiger partial charge in [-0.25, -0.2) is 4.98 Å². The summed E-state index contributed by atoms with van der Waals surface area (Å²) in [6, 6.07) is 8.54. The number of carbonyl (C=O) groups excluding carboxylic acids is 1. The number of hydrogen-bond donors (Lipinski definition) is 1. The van der Waals surface area contributed by atoms with Gasteiger partial charge in [0.05, 0.1) is 10.3 Å². The van der Waals surface area contributed by atoms with Crippen molar-refractivity contribution in [2.45, 2.75) is 51.5 Å². The number of nitrogens with zero attached hydrogens (tertiary/aromatic N) is 2. The highest BCUT2D eigenvalue weighted by atomic mass is 32.1. The molecule has 1 amide bonds. The molecule has 0 radical (unpaired) electrons. The van der Waals surface area contributed by atoms with Crippen LogP contribution in [0.2, 0.25) is 0 Å². The number of amides is 1. The van der Waals surface area contributed by atoms with Crippen molar-refractivity contribution >= 4 is 27.5 Å². The Balaban J connectivity index is 1.41.